The van der Waals surface area contributed by atoms with Gasteiger partial charge in [0.05, 0.1) is 12.1 Å². The summed E-state index contributed by atoms with van der Waals surface area (Å²) in [4.78, 5) is 15.8. The maximum Gasteiger partial charge on any atom is 0.239 e. The first-order valence-electron chi connectivity index (χ1n) is 6.21. The van der Waals surface area contributed by atoms with E-state index in [0.717, 1.165) is 19.4 Å². The summed E-state index contributed by atoms with van der Waals surface area (Å²) < 4.78 is 5.38. The molecule has 1 amide bonds. The van der Waals surface area contributed by atoms with E-state index >= 15 is 0 Å². The quantitative estimate of drug-likeness (QED) is 0.749. The highest BCUT2D eigenvalue weighted by Gasteiger charge is 2.33. The molecule has 1 aliphatic rings. The Bertz CT molecular complexity index is 258. The fourth-order valence-electron chi connectivity index (χ4n) is 2.50. The van der Waals surface area contributed by atoms with Crippen molar-refractivity contribution in [2.45, 2.75) is 38.0 Å². The molecule has 0 aromatic heterocycles. The van der Waals surface area contributed by atoms with Gasteiger partial charge in [-0.1, -0.05) is 0 Å². The first-order valence-corrected chi connectivity index (χ1v) is 6.21. The van der Waals surface area contributed by atoms with Gasteiger partial charge in [-0.2, -0.15) is 0 Å². The van der Waals surface area contributed by atoms with E-state index in [1.165, 1.54) is 0 Å². The second kappa shape index (κ2) is 6.33. The Morgan fingerprint density at radius 2 is 2.24 bits per heavy atom. The molecule has 1 fully saturated rings. The van der Waals surface area contributed by atoms with E-state index in [1.54, 1.807) is 26.1 Å². The smallest absolute Gasteiger partial charge is 0.239 e. The average Bonchev–Trinajstić information content (AvgIpc) is 2.35. The van der Waals surface area contributed by atoms with Crippen LogP contribution >= 0.6 is 0 Å². The zero-order chi connectivity index (χ0) is 13.0. The molecule has 2 N–H and O–H groups in total. The molecule has 1 saturated heterocycles. The van der Waals surface area contributed by atoms with E-state index in [0.29, 0.717) is 6.54 Å². The maximum atomic E-state index is 12.0. The van der Waals surface area contributed by atoms with E-state index in [2.05, 4.69) is 4.90 Å². The Morgan fingerprint density at radius 3 is 2.71 bits per heavy atom. The summed E-state index contributed by atoms with van der Waals surface area (Å²) in [6, 6.07) is 0.143. The second-order valence-corrected chi connectivity index (χ2v) is 4.92. The number of hydrogen-bond donors (Lipinski definition) is 1. The van der Waals surface area contributed by atoms with Crippen molar-refractivity contribution in [3.05, 3.63) is 0 Å². The molecular formula is C12H25N3O2. The van der Waals surface area contributed by atoms with E-state index in [1.807, 2.05) is 6.92 Å². The maximum absolute atomic E-state index is 12.0. The number of likely N-dealkylation sites (N-methyl/N-ethyl adjacent to an activating group) is 1. The Labute approximate surface area is 104 Å². The number of nitrogens with two attached hydrogens (primary N) is 1. The summed E-state index contributed by atoms with van der Waals surface area (Å²) >= 11 is 0. The van der Waals surface area contributed by atoms with Crippen molar-refractivity contribution >= 4 is 5.91 Å². The molecule has 5 nitrogen and oxygen atoms in total. The number of likely N-dealkylation sites (tertiary alicyclic amines) is 1. The van der Waals surface area contributed by atoms with Crippen molar-refractivity contribution in [3.8, 4) is 0 Å². The van der Waals surface area contributed by atoms with Crippen LogP contribution < -0.4 is 5.73 Å². The van der Waals surface area contributed by atoms with Gasteiger partial charge in [-0.15, -0.1) is 0 Å². The van der Waals surface area contributed by atoms with E-state index in [4.69, 9.17) is 10.5 Å². The van der Waals surface area contributed by atoms with Crippen LogP contribution in [-0.2, 0) is 9.53 Å². The first kappa shape index (κ1) is 14.4. The summed E-state index contributed by atoms with van der Waals surface area (Å²) in [5.41, 5.74) is 5.80. The van der Waals surface area contributed by atoms with Crippen LogP contribution in [0.2, 0.25) is 0 Å². The van der Waals surface area contributed by atoms with E-state index in [-0.39, 0.29) is 24.1 Å². The molecule has 0 aromatic carbocycles. The largest absolute Gasteiger partial charge is 0.381 e. The Balaban J connectivity index is 2.66. The number of piperidine rings is 1. The predicted molar refractivity (Wildman–Crippen MR) is 67.7 cm³/mol. The lowest BCUT2D eigenvalue weighted by Crippen LogP contribution is -2.56. The lowest BCUT2D eigenvalue weighted by molar-refractivity contribution is -0.136. The molecule has 100 valence electrons. The first-order chi connectivity index (χ1) is 8.01. The summed E-state index contributed by atoms with van der Waals surface area (Å²) in [5, 5.41) is 0. The van der Waals surface area contributed by atoms with Gasteiger partial charge in [0.2, 0.25) is 5.91 Å². The van der Waals surface area contributed by atoms with Gasteiger partial charge in [-0.25, -0.2) is 0 Å². The van der Waals surface area contributed by atoms with Gasteiger partial charge >= 0.3 is 0 Å². The molecular weight excluding hydrogens is 218 g/mol. The van der Waals surface area contributed by atoms with Gasteiger partial charge < -0.3 is 15.4 Å². The van der Waals surface area contributed by atoms with Crippen molar-refractivity contribution < 1.29 is 9.53 Å². The number of carbonyl (C=O) groups is 1. The molecule has 3 atom stereocenters. The fraction of sp³-hybridized carbons (Fsp3) is 0.917. The number of carbonyl (C=O) groups excluding carboxylic acids is 1. The number of nitrogens with zero attached hydrogens (tertiary/aromatic N) is 2. The van der Waals surface area contributed by atoms with Crippen LogP contribution in [0.1, 0.15) is 19.8 Å². The number of amides is 1. The second-order valence-electron chi connectivity index (χ2n) is 4.92. The molecule has 5 heteroatoms. The normalized spacial score (nSPS) is 27.8. The molecule has 0 bridgehead atoms. The number of hydrogen-bond acceptors (Lipinski definition) is 4. The number of rotatable bonds is 4. The third kappa shape index (κ3) is 3.40. The van der Waals surface area contributed by atoms with Crippen LogP contribution in [0.4, 0.5) is 0 Å². The topological polar surface area (TPSA) is 58.8 Å². The van der Waals surface area contributed by atoms with Crippen LogP contribution in [0.15, 0.2) is 0 Å². The van der Waals surface area contributed by atoms with Gasteiger partial charge in [0, 0.05) is 40.3 Å². The highest BCUT2D eigenvalue weighted by atomic mass is 16.5. The molecule has 0 aromatic rings. The third-order valence-corrected chi connectivity index (χ3v) is 3.61. The van der Waals surface area contributed by atoms with Crippen LogP contribution in [0.3, 0.4) is 0 Å². The average molecular weight is 243 g/mol. The molecule has 1 rings (SSSR count). The Kier molecular flexibility index (Phi) is 5.36. The van der Waals surface area contributed by atoms with Gasteiger partial charge in [0.1, 0.15) is 0 Å². The minimum Gasteiger partial charge on any atom is -0.381 e. The molecule has 1 aliphatic heterocycles. The molecule has 3 unspecified atom stereocenters. The van der Waals surface area contributed by atoms with Crippen molar-refractivity contribution in [2.24, 2.45) is 5.73 Å². The van der Waals surface area contributed by atoms with Crippen molar-refractivity contribution in [3.63, 3.8) is 0 Å². The molecule has 0 aliphatic carbocycles. The lowest BCUT2D eigenvalue weighted by atomic mass is 9.97. The molecule has 0 spiro atoms. The monoisotopic (exact) mass is 243 g/mol. The minimum atomic E-state index is -0.101. The Hall–Kier alpha value is -0.650. The molecule has 0 radical (unpaired) electrons. The minimum absolute atomic E-state index is 0.101. The predicted octanol–water partition coefficient (Wildman–Crippen LogP) is -0.0988. The fourth-order valence-corrected chi connectivity index (χ4v) is 2.50. The highest BCUT2D eigenvalue weighted by molar-refractivity contribution is 5.81. The van der Waals surface area contributed by atoms with E-state index in [9.17, 15) is 4.79 Å². The molecule has 1 heterocycles. The van der Waals surface area contributed by atoms with Crippen LogP contribution in [0, 0.1) is 0 Å². The van der Waals surface area contributed by atoms with Gasteiger partial charge in [0.25, 0.3) is 0 Å². The molecule has 17 heavy (non-hydrogen) atoms. The number of methoxy groups -OCH3 is 1. The summed E-state index contributed by atoms with van der Waals surface area (Å²) in [5.74, 6) is 0.138. The summed E-state index contributed by atoms with van der Waals surface area (Å²) in [6.07, 6.45) is 2.16. The SMILES string of the molecule is COC1CCN(C(C)C(=O)N(C)C)C(CN)C1. The lowest BCUT2D eigenvalue weighted by Gasteiger charge is -2.41. The summed E-state index contributed by atoms with van der Waals surface area (Å²) in [6.45, 7) is 3.41. The molecule has 0 saturated carbocycles. The van der Waals surface area contributed by atoms with Gasteiger partial charge in [0.15, 0.2) is 0 Å². The van der Waals surface area contributed by atoms with Crippen LogP contribution in [-0.4, -0.2) is 68.2 Å². The summed E-state index contributed by atoms with van der Waals surface area (Å²) in [7, 11) is 5.32. The number of ether oxygens (including phenoxy) is 1. The standard InChI is InChI=1S/C12H25N3O2/c1-9(12(16)14(2)3)15-6-5-11(17-4)7-10(15)8-13/h9-11H,5-8,13H2,1-4H3. The van der Waals surface area contributed by atoms with Gasteiger partial charge in [-0.05, 0) is 19.8 Å². The van der Waals surface area contributed by atoms with Crippen molar-refractivity contribution in [1.82, 2.24) is 9.80 Å². The van der Waals surface area contributed by atoms with Crippen LogP contribution in [0.25, 0.3) is 0 Å². The van der Waals surface area contributed by atoms with Gasteiger partial charge in [-0.3, -0.25) is 9.69 Å². The van der Waals surface area contributed by atoms with E-state index < -0.39 is 0 Å². The zero-order valence-electron chi connectivity index (χ0n) is 11.3. The third-order valence-electron chi connectivity index (χ3n) is 3.61. The zero-order valence-corrected chi connectivity index (χ0v) is 11.3. The Morgan fingerprint density at radius 1 is 1.59 bits per heavy atom. The highest BCUT2D eigenvalue weighted by Crippen LogP contribution is 2.21. The van der Waals surface area contributed by atoms with Crippen molar-refractivity contribution in [2.75, 3.05) is 34.3 Å². The van der Waals surface area contributed by atoms with Crippen molar-refractivity contribution in [1.29, 1.82) is 0 Å². The van der Waals surface area contributed by atoms with Crippen LogP contribution in [0.5, 0.6) is 0 Å².